The van der Waals surface area contributed by atoms with Gasteiger partial charge in [0.2, 0.25) is 0 Å². The minimum absolute atomic E-state index is 0.0793. The number of rotatable bonds is 6. The number of benzene rings is 1. The summed E-state index contributed by atoms with van der Waals surface area (Å²) in [6, 6.07) is 6.18. The van der Waals surface area contributed by atoms with E-state index >= 15 is 0 Å². The quantitative estimate of drug-likeness (QED) is 0.694. The summed E-state index contributed by atoms with van der Waals surface area (Å²) in [5.41, 5.74) is 1.03. The van der Waals surface area contributed by atoms with Gasteiger partial charge >= 0.3 is 12.0 Å². The number of anilines is 1. The van der Waals surface area contributed by atoms with Crippen LogP contribution in [0.4, 0.5) is 10.5 Å². The number of ketones is 1. The van der Waals surface area contributed by atoms with E-state index in [-0.39, 0.29) is 12.3 Å². The van der Waals surface area contributed by atoms with Crippen molar-refractivity contribution in [3.63, 3.8) is 0 Å². The molecule has 20 heavy (non-hydrogen) atoms. The zero-order valence-electron chi connectivity index (χ0n) is 11.5. The highest BCUT2D eigenvalue weighted by Crippen LogP contribution is 2.11. The van der Waals surface area contributed by atoms with Gasteiger partial charge < -0.3 is 15.7 Å². The summed E-state index contributed by atoms with van der Waals surface area (Å²) in [7, 11) is 0. The van der Waals surface area contributed by atoms with Crippen molar-refractivity contribution in [1.82, 2.24) is 5.32 Å². The molecule has 1 aromatic carbocycles. The Bertz CT molecular complexity index is 514. The Morgan fingerprint density at radius 1 is 1.30 bits per heavy atom. The molecule has 108 valence electrons. The number of amides is 2. The molecule has 1 atom stereocenters. The van der Waals surface area contributed by atoms with Crippen LogP contribution >= 0.6 is 0 Å². The van der Waals surface area contributed by atoms with E-state index in [2.05, 4.69) is 10.6 Å². The molecule has 0 aromatic heterocycles. The van der Waals surface area contributed by atoms with E-state index in [1.807, 2.05) is 0 Å². The zero-order valence-corrected chi connectivity index (χ0v) is 11.5. The summed E-state index contributed by atoms with van der Waals surface area (Å²) in [6.45, 7) is 3.30. The van der Waals surface area contributed by atoms with E-state index in [0.717, 1.165) is 0 Å². The molecule has 0 spiro atoms. The van der Waals surface area contributed by atoms with Gasteiger partial charge in [-0.3, -0.25) is 9.59 Å². The van der Waals surface area contributed by atoms with Crippen LogP contribution < -0.4 is 10.6 Å². The topological polar surface area (TPSA) is 95.5 Å². The van der Waals surface area contributed by atoms with E-state index in [4.69, 9.17) is 5.11 Å². The highest BCUT2D eigenvalue weighted by Gasteiger charge is 2.11. The predicted molar refractivity (Wildman–Crippen MR) is 74.9 cm³/mol. The normalized spacial score (nSPS) is 11.5. The van der Waals surface area contributed by atoms with Gasteiger partial charge in [0.15, 0.2) is 5.78 Å². The lowest BCUT2D eigenvalue weighted by Gasteiger charge is -2.09. The molecule has 1 unspecified atom stereocenters. The van der Waals surface area contributed by atoms with E-state index in [9.17, 15) is 14.4 Å². The predicted octanol–water partition coefficient (Wildman–Crippen LogP) is 2.12. The summed E-state index contributed by atoms with van der Waals surface area (Å²) in [6.07, 6.45) is 0.357. The third-order valence-electron chi connectivity index (χ3n) is 2.81. The molecule has 6 nitrogen and oxygen atoms in total. The molecular formula is C14H18N2O4. The van der Waals surface area contributed by atoms with Gasteiger partial charge in [0.05, 0.1) is 5.92 Å². The second-order valence-electron chi connectivity index (χ2n) is 4.55. The summed E-state index contributed by atoms with van der Waals surface area (Å²) in [5.74, 6) is -1.47. The monoisotopic (exact) mass is 278 g/mol. The fourth-order valence-electron chi connectivity index (χ4n) is 1.52. The van der Waals surface area contributed by atoms with Crippen LogP contribution in [0.3, 0.4) is 0 Å². The fourth-order valence-corrected chi connectivity index (χ4v) is 1.52. The number of hydrogen-bond donors (Lipinski definition) is 3. The third kappa shape index (κ3) is 5.09. The van der Waals surface area contributed by atoms with Crippen LogP contribution in [-0.2, 0) is 4.79 Å². The van der Waals surface area contributed by atoms with Crippen molar-refractivity contribution in [2.75, 3.05) is 11.9 Å². The van der Waals surface area contributed by atoms with Gasteiger partial charge in [-0.15, -0.1) is 0 Å². The number of aliphatic carboxylic acids is 1. The van der Waals surface area contributed by atoms with Crippen LogP contribution in [-0.4, -0.2) is 29.4 Å². The number of carbonyl (C=O) groups is 3. The number of carboxylic acids is 1. The van der Waals surface area contributed by atoms with Crippen molar-refractivity contribution in [2.24, 2.45) is 5.92 Å². The lowest BCUT2D eigenvalue weighted by Crippen LogP contribution is -2.31. The third-order valence-corrected chi connectivity index (χ3v) is 2.81. The molecule has 0 fully saturated rings. The molecule has 2 amide bonds. The first-order chi connectivity index (χ1) is 9.40. The smallest absolute Gasteiger partial charge is 0.319 e. The van der Waals surface area contributed by atoms with E-state index in [1.54, 1.807) is 31.2 Å². The van der Waals surface area contributed by atoms with Crippen molar-refractivity contribution >= 4 is 23.5 Å². The fraction of sp³-hybridized carbons (Fsp3) is 0.357. The molecule has 0 aliphatic carbocycles. The Morgan fingerprint density at radius 3 is 2.60 bits per heavy atom. The first-order valence-corrected chi connectivity index (χ1v) is 6.29. The number of hydrogen-bond acceptors (Lipinski definition) is 3. The van der Waals surface area contributed by atoms with Crippen molar-refractivity contribution < 1.29 is 19.5 Å². The molecule has 1 rings (SSSR count). The van der Waals surface area contributed by atoms with Crippen molar-refractivity contribution in [3.05, 3.63) is 29.8 Å². The molecule has 3 N–H and O–H groups in total. The van der Waals surface area contributed by atoms with Gasteiger partial charge in [-0.05, 0) is 25.5 Å². The second-order valence-corrected chi connectivity index (χ2v) is 4.55. The van der Waals surface area contributed by atoms with E-state index < -0.39 is 17.9 Å². The Balaban J connectivity index is 2.44. The van der Waals surface area contributed by atoms with Crippen LogP contribution in [0.1, 0.15) is 30.6 Å². The zero-order chi connectivity index (χ0) is 15.1. The SMILES string of the molecule is CC(=O)c1cccc(NC(=O)NCCC(C)C(=O)O)c1. The van der Waals surface area contributed by atoms with Crippen LogP contribution in [0.5, 0.6) is 0 Å². The lowest BCUT2D eigenvalue weighted by atomic mass is 10.1. The first-order valence-electron chi connectivity index (χ1n) is 6.29. The number of carbonyl (C=O) groups excluding carboxylic acids is 2. The standard InChI is InChI=1S/C14H18N2O4/c1-9(13(18)19)6-7-15-14(20)16-12-5-3-4-11(8-12)10(2)17/h3-5,8-9H,6-7H2,1-2H3,(H,18,19)(H2,15,16,20). The second kappa shape index (κ2) is 7.28. The van der Waals surface area contributed by atoms with Gasteiger partial charge in [0, 0.05) is 17.8 Å². The Kier molecular flexibility index (Phi) is 5.71. The van der Waals surface area contributed by atoms with Gasteiger partial charge in [0.25, 0.3) is 0 Å². The average Bonchev–Trinajstić information content (AvgIpc) is 2.38. The average molecular weight is 278 g/mol. The summed E-state index contributed by atoms with van der Waals surface area (Å²) in [4.78, 5) is 33.4. The van der Waals surface area contributed by atoms with Crippen molar-refractivity contribution in [3.8, 4) is 0 Å². The van der Waals surface area contributed by atoms with E-state index in [1.165, 1.54) is 6.92 Å². The molecule has 0 radical (unpaired) electrons. The number of Topliss-reactive ketones (excluding diaryl/α,β-unsaturated/α-hetero) is 1. The highest BCUT2D eigenvalue weighted by molar-refractivity contribution is 5.96. The maximum absolute atomic E-state index is 11.6. The molecule has 0 heterocycles. The molecule has 0 aliphatic heterocycles. The molecule has 0 bridgehead atoms. The van der Waals surface area contributed by atoms with Gasteiger partial charge in [-0.2, -0.15) is 0 Å². The minimum Gasteiger partial charge on any atom is -0.481 e. The molecular weight excluding hydrogens is 260 g/mol. The maximum atomic E-state index is 11.6. The van der Waals surface area contributed by atoms with Crippen LogP contribution in [0, 0.1) is 5.92 Å². The van der Waals surface area contributed by atoms with Gasteiger partial charge in [-0.1, -0.05) is 19.1 Å². The summed E-state index contributed by atoms with van der Waals surface area (Å²) >= 11 is 0. The molecule has 0 saturated carbocycles. The van der Waals surface area contributed by atoms with Crippen molar-refractivity contribution in [1.29, 1.82) is 0 Å². The molecule has 0 aliphatic rings. The van der Waals surface area contributed by atoms with E-state index in [0.29, 0.717) is 17.7 Å². The number of urea groups is 1. The van der Waals surface area contributed by atoms with Gasteiger partial charge in [-0.25, -0.2) is 4.79 Å². The molecule has 1 aromatic rings. The maximum Gasteiger partial charge on any atom is 0.319 e. The Labute approximate surface area is 117 Å². The largest absolute Gasteiger partial charge is 0.481 e. The highest BCUT2D eigenvalue weighted by atomic mass is 16.4. The number of nitrogens with one attached hydrogen (secondary N) is 2. The van der Waals surface area contributed by atoms with Crippen molar-refractivity contribution in [2.45, 2.75) is 20.3 Å². The van der Waals surface area contributed by atoms with Crippen LogP contribution in [0.15, 0.2) is 24.3 Å². The summed E-state index contributed by atoms with van der Waals surface area (Å²) in [5, 5.41) is 13.9. The first kappa shape index (κ1) is 15.7. The molecule has 0 saturated heterocycles. The Hall–Kier alpha value is -2.37. The minimum atomic E-state index is -0.888. The number of carboxylic acid groups (broad SMARTS) is 1. The molecule has 6 heteroatoms. The Morgan fingerprint density at radius 2 is 2.00 bits per heavy atom. The lowest BCUT2D eigenvalue weighted by molar-refractivity contribution is -0.141. The van der Waals surface area contributed by atoms with Crippen LogP contribution in [0.25, 0.3) is 0 Å². The summed E-state index contributed by atoms with van der Waals surface area (Å²) < 4.78 is 0. The van der Waals surface area contributed by atoms with Crippen LogP contribution in [0.2, 0.25) is 0 Å². The van der Waals surface area contributed by atoms with Gasteiger partial charge in [0.1, 0.15) is 0 Å².